The maximum Gasteiger partial charge on any atom is 0.267 e. The molecule has 1 aromatic heterocycles. The van der Waals surface area contributed by atoms with Crippen LogP contribution in [0.25, 0.3) is 0 Å². The summed E-state index contributed by atoms with van der Waals surface area (Å²) in [7, 11) is 0. The molecule has 1 amide bonds. The Balaban J connectivity index is 1.70. The van der Waals surface area contributed by atoms with E-state index in [1.54, 1.807) is 0 Å². The molecule has 3 N–H and O–H groups in total. The van der Waals surface area contributed by atoms with Gasteiger partial charge >= 0.3 is 0 Å². The molecule has 21 heavy (non-hydrogen) atoms. The van der Waals surface area contributed by atoms with E-state index in [0.717, 1.165) is 30.4 Å². The molecule has 2 fully saturated rings. The molecule has 0 radical (unpaired) electrons. The normalized spacial score (nSPS) is 21.9. The van der Waals surface area contributed by atoms with Gasteiger partial charge < -0.3 is 16.0 Å². The molecule has 2 heterocycles. The molecule has 0 aromatic carbocycles. The first-order valence-electron chi connectivity index (χ1n) is 7.41. The summed E-state index contributed by atoms with van der Waals surface area (Å²) in [5.74, 6) is 1.38. The van der Waals surface area contributed by atoms with Crippen molar-refractivity contribution in [3.8, 4) is 0 Å². The van der Waals surface area contributed by atoms with Gasteiger partial charge in [0.25, 0.3) is 5.91 Å². The van der Waals surface area contributed by atoms with Crippen LogP contribution in [0.15, 0.2) is 0 Å². The van der Waals surface area contributed by atoms with E-state index in [0.29, 0.717) is 16.7 Å². The fraction of sp³-hybridized carbons (Fsp3) is 0.714. The molecular weight excluding hydrogens is 304 g/mol. The quantitative estimate of drug-likeness (QED) is 0.893. The van der Waals surface area contributed by atoms with E-state index in [-0.39, 0.29) is 10.7 Å². The summed E-state index contributed by atoms with van der Waals surface area (Å²) in [6.45, 7) is 6.06. The van der Waals surface area contributed by atoms with Crippen LogP contribution in [0.5, 0.6) is 0 Å². The number of thioether (sulfide) groups is 1. The van der Waals surface area contributed by atoms with Gasteiger partial charge in [0.2, 0.25) is 0 Å². The molecule has 7 heteroatoms. The summed E-state index contributed by atoms with van der Waals surface area (Å²) >= 11 is 3.32. The second kappa shape index (κ2) is 5.68. The zero-order chi connectivity index (χ0) is 15.0. The highest BCUT2D eigenvalue weighted by Gasteiger charge is 2.29. The highest BCUT2D eigenvalue weighted by atomic mass is 32.2. The van der Waals surface area contributed by atoms with Crippen molar-refractivity contribution in [2.24, 2.45) is 0 Å². The number of nitrogens with two attached hydrogens (primary N) is 1. The van der Waals surface area contributed by atoms with Crippen LogP contribution in [0.3, 0.4) is 0 Å². The molecule has 0 spiro atoms. The summed E-state index contributed by atoms with van der Waals surface area (Å²) < 4.78 is 0.243. The van der Waals surface area contributed by atoms with Gasteiger partial charge in [0, 0.05) is 29.6 Å². The summed E-state index contributed by atoms with van der Waals surface area (Å²) in [5.41, 5.74) is 5.94. The molecule has 1 aliphatic carbocycles. The van der Waals surface area contributed by atoms with Gasteiger partial charge in [0.15, 0.2) is 5.13 Å². The van der Waals surface area contributed by atoms with Gasteiger partial charge in [0.1, 0.15) is 10.7 Å². The van der Waals surface area contributed by atoms with E-state index in [4.69, 9.17) is 5.73 Å². The van der Waals surface area contributed by atoms with Crippen molar-refractivity contribution in [3.05, 3.63) is 4.88 Å². The minimum absolute atomic E-state index is 0.0344. The number of amides is 1. The summed E-state index contributed by atoms with van der Waals surface area (Å²) in [6, 6.07) is 0.522. The first-order valence-corrected chi connectivity index (χ1v) is 9.21. The number of nitrogen functional groups attached to an aromatic ring is 1. The highest BCUT2D eigenvalue weighted by Crippen LogP contribution is 2.34. The van der Waals surface area contributed by atoms with E-state index in [1.165, 1.54) is 24.2 Å². The first kappa shape index (κ1) is 15.0. The summed E-state index contributed by atoms with van der Waals surface area (Å²) in [6.07, 6.45) is 3.37. The van der Waals surface area contributed by atoms with Crippen molar-refractivity contribution >= 4 is 40.0 Å². The molecule has 1 aliphatic heterocycles. The lowest BCUT2D eigenvalue weighted by atomic mass is 10.1. The van der Waals surface area contributed by atoms with E-state index < -0.39 is 0 Å². The molecule has 3 rings (SSSR count). The number of aromatic nitrogens is 1. The third-order valence-corrected chi connectivity index (χ3v) is 6.24. The van der Waals surface area contributed by atoms with Gasteiger partial charge in [-0.1, -0.05) is 25.2 Å². The van der Waals surface area contributed by atoms with Crippen molar-refractivity contribution < 1.29 is 4.79 Å². The van der Waals surface area contributed by atoms with Crippen LogP contribution in [0.2, 0.25) is 0 Å². The Bertz CT molecular complexity index is 539. The van der Waals surface area contributed by atoms with Crippen LogP contribution in [-0.4, -0.2) is 45.4 Å². The van der Waals surface area contributed by atoms with Crippen molar-refractivity contribution in [1.82, 2.24) is 9.88 Å². The third-order valence-electron chi connectivity index (χ3n) is 3.88. The first-order chi connectivity index (χ1) is 9.94. The van der Waals surface area contributed by atoms with E-state index >= 15 is 0 Å². The van der Waals surface area contributed by atoms with Crippen molar-refractivity contribution in [2.45, 2.75) is 43.9 Å². The smallest absolute Gasteiger partial charge is 0.267 e. The average molecular weight is 326 g/mol. The maximum absolute atomic E-state index is 12.7. The topological polar surface area (TPSA) is 71.2 Å². The van der Waals surface area contributed by atoms with E-state index in [2.05, 4.69) is 24.1 Å². The number of anilines is 2. The number of thiazole rings is 1. The van der Waals surface area contributed by atoms with Crippen LogP contribution in [0.4, 0.5) is 10.9 Å². The van der Waals surface area contributed by atoms with Crippen LogP contribution in [-0.2, 0) is 0 Å². The Morgan fingerprint density at radius 3 is 2.90 bits per heavy atom. The number of hydrogen-bond acceptors (Lipinski definition) is 6. The predicted molar refractivity (Wildman–Crippen MR) is 90.2 cm³/mol. The highest BCUT2D eigenvalue weighted by molar-refractivity contribution is 8.00. The van der Waals surface area contributed by atoms with Crippen LogP contribution < -0.4 is 11.1 Å². The number of hydrogen-bond donors (Lipinski definition) is 2. The second-order valence-electron chi connectivity index (χ2n) is 6.30. The third kappa shape index (κ3) is 3.63. The minimum atomic E-state index is 0.0344. The number of rotatable bonds is 3. The molecule has 1 saturated heterocycles. The van der Waals surface area contributed by atoms with Gasteiger partial charge in [-0.3, -0.25) is 4.79 Å². The fourth-order valence-electron chi connectivity index (χ4n) is 2.32. The number of carbonyl (C=O) groups is 1. The van der Waals surface area contributed by atoms with Crippen molar-refractivity contribution in [2.75, 3.05) is 29.9 Å². The molecule has 1 aromatic rings. The Morgan fingerprint density at radius 1 is 1.43 bits per heavy atom. The van der Waals surface area contributed by atoms with Crippen LogP contribution >= 0.6 is 23.1 Å². The van der Waals surface area contributed by atoms with Gasteiger partial charge in [0.05, 0.1) is 0 Å². The number of carbonyl (C=O) groups excluding carboxylic acids is 1. The molecular formula is C14H22N4OS2. The molecule has 0 unspecified atom stereocenters. The Morgan fingerprint density at radius 2 is 2.19 bits per heavy atom. The summed E-state index contributed by atoms with van der Waals surface area (Å²) in [4.78, 5) is 19.5. The maximum atomic E-state index is 12.7. The van der Waals surface area contributed by atoms with E-state index in [1.807, 2.05) is 16.7 Å². The Labute approximate surface area is 133 Å². The molecule has 0 bridgehead atoms. The Hall–Kier alpha value is -0.950. The minimum Gasteiger partial charge on any atom is -0.382 e. The van der Waals surface area contributed by atoms with Crippen LogP contribution in [0.1, 0.15) is 42.8 Å². The van der Waals surface area contributed by atoms with Gasteiger partial charge in [-0.25, -0.2) is 4.98 Å². The number of nitrogens with one attached hydrogen (secondary N) is 1. The van der Waals surface area contributed by atoms with Gasteiger partial charge in [-0.15, -0.1) is 0 Å². The second-order valence-corrected chi connectivity index (χ2v) is 9.10. The average Bonchev–Trinajstić information content (AvgIpc) is 3.16. The standard InChI is InChI=1S/C14H22N4OS2/c1-14(2)5-6-18(7-8-20-14)12(19)10-11(15)17-13(21-10)16-9-3-4-9/h9H,3-8,15H2,1-2H3,(H,16,17). The van der Waals surface area contributed by atoms with Crippen molar-refractivity contribution in [1.29, 1.82) is 0 Å². The largest absolute Gasteiger partial charge is 0.382 e. The monoisotopic (exact) mass is 326 g/mol. The zero-order valence-corrected chi connectivity index (χ0v) is 14.1. The Kier molecular flexibility index (Phi) is 4.05. The van der Waals surface area contributed by atoms with Crippen molar-refractivity contribution in [3.63, 3.8) is 0 Å². The van der Waals surface area contributed by atoms with Crippen LogP contribution in [0, 0.1) is 0 Å². The SMILES string of the molecule is CC1(C)CCN(C(=O)c2sc(NC3CC3)nc2N)CCS1. The molecule has 2 aliphatic rings. The zero-order valence-electron chi connectivity index (χ0n) is 12.5. The molecule has 116 valence electrons. The lowest BCUT2D eigenvalue weighted by Gasteiger charge is -2.22. The van der Waals surface area contributed by atoms with E-state index in [9.17, 15) is 4.79 Å². The lowest BCUT2D eigenvalue weighted by molar-refractivity contribution is 0.0770. The van der Waals surface area contributed by atoms with Gasteiger partial charge in [-0.05, 0) is 19.3 Å². The molecule has 0 atom stereocenters. The molecule has 1 saturated carbocycles. The fourth-order valence-corrected chi connectivity index (χ4v) is 4.35. The lowest BCUT2D eigenvalue weighted by Crippen LogP contribution is -2.33. The predicted octanol–water partition coefficient (Wildman–Crippen LogP) is 2.66. The molecule has 5 nitrogen and oxygen atoms in total. The summed E-state index contributed by atoms with van der Waals surface area (Å²) in [5, 5.41) is 4.09. The van der Waals surface area contributed by atoms with Gasteiger partial charge in [-0.2, -0.15) is 11.8 Å². The number of nitrogens with zero attached hydrogens (tertiary/aromatic N) is 2.